The van der Waals surface area contributed by atoms with Crippen LogP contribution in [0, 0.1) is 5.92 Å². The van der Waals surface area contributed by atoms with Crippen LogP contribution in [0.15, 0.2) is 24.3 Å². The van der Waals surface area contributed by atoms with Gasteiger partial charge in [-0.3, -0.25) is 4.79 Å². The van der Waals surface area contributed by atoms with Crippen molar-refractivity contribution in [1.29, 1.82) is 0 Å². The van der Waals surface area contributed by atoms with E-state index in [1.165, 1.54) is 12.8 Å². The molecule has 0 saturated heterocycles. The van der Waals surface area contributed by atoms with Crippen LogP contribution in [0.1, 0.15) is 37.2 Å². The predicted octanol–water partition coefficient (Wildman–Crippen LogP) is 3.05. The van der Waals surface area contributed by atoms with Crippen molar-refractivity contribution >= 4 is 5.97 Å². The first-order valence-electron chi connectivity index (χ1n) is 6.04. The summed E-state index contributed by atoms with van der Waals surface area (Å²) in [6.07, 6.45) is 3.70. The first kappa shape index (κ1) is 12.0. The van der Waals surface area contributed by atoms with Gasteiger partial charge in [0.25, 0.3) is 0 Å². The lowest BCUT2D eigenvalue weighted by Crippen LogP contribution is -2.07. The molecule has 0 aromatic heterocycles. The standard InChI is InChI=1S/C14H18O3/c1-17-13-4-2-3-11(8-13)12(9-14(15)16)7-10-5-6-10/h2-4,8,10,12H,5-7,9H2,1H3,(H,15,16)/t12-/m1/s1. The van der Waals surface area contributed by atoms with Crippen LogP contribution in [-0.4, -0.2) is 18.2 Å². The van der Waals surface area contributed by atoms with Crippen LogP contribution in [-0.2, 0) is 4.79 Å². The molecule has 1 aliphatic carbocycles. The van der Waals surface area contributed by atoms with Crippen molar-refractivity contribution in [3.63, 3.8) is 0 Å². The molecule has 3 nitrogen and oxygen atoms in total. The zero-order chi connectivity index (χ0) is 12.3. The summed E-state index contributed by atoms with van der Waals surface area (Å²) in [5.41, 5.74) is 1.08. The number of benzene rings is 1. The molecule has 0 aliphatic heterocycles. The molecule has 1 atom stereocenters. The Morgan fingerprint density at radius 2 is 2.29 bits per heavy atom. The van der Waals surface area contributed by atoms with E-state index in [0.717, 1.165) is 23.7 Å². The van der Waals surface area contributed by atoms with Crippen LogP contribution >= 0.6 is 0 Å². The molecular weight excluding hydrogens is 216 g/mol. The zero-order valence-electron chi connectivity index (χ0n) is 10.1. The van der Waals surface area contributed by atoms with E-state index in [0.29, 0.717) is 0 Å². The number of carbonyl (C=O) groups is 1. The third-order valence-corrected chi connectivity index (χ3v) is 3.30. The smallest absolute Gasteiger partial charge is 0.303 e. The monoisotopic (exact) mass is 234 g/mol. The van der Waals surface area contributed by atoms with E-state index in [4.69, 9.17) is 9.84 Å². The molecule has 1 aromatic rings. The number of hydrogen-bond donors (Lipinski definition) is 1. The van der Waals surface area contributed by atoms with E-state index in [1.54, 1.807) is 7.11 Å². The summed E-state index contributed by atoms with van der Waals surface area (Å²) in [6, 6.07) is 7.77. The van der Waals surface area contributed by atoms with Gasteiger partial charge in [0, 0.05) is 0 Å². The molecule has 0 bridgehead atoms. The van der Waals surface area contributed by atoms with Crippen LogP contribution in [0.4, 0.5) is 0 Å². The maximum Gasteiger partial charge on any atom is 0.303 e. The first-order valence-corrected chi connectivity index (χ1v) is 6.04. The lowest BCUT2D eigenvalue weighted by Gasteiger charge is -2.15. The highest BCUT2D eigenvalue weighted by Crippen LogP contribution is 2.40. The van der Waals surface area contributed by atoms with Crippen molar-refractivity contribution < 1.29 is 14.6 Å². The Kier molecular flexibility index (Phi) is 3.67. The number of ether oxygens (including phenoxy) is 1. The van der Waals surface area contributed by atoms with Crippen LogP contribution in [0.5, 0.6) is 5.75 Å². The van der Waals surface area contributed by atoms with Crippen molar-refractivity contribution in [2.75, 3.05) is 7.11 Å². The van der Waals surface area contributed by atoms with E-state index >= 15 is 0 Å². The summed E-state index contributed by atoms with van der Waals surface area (Å²) in [7, 11) is 1.63. The van der Waals surface area contributed by atoms with E-state index in [9.17, 15) is 4.79 Å². The topological polar surface area (TPSA) is 46.5 Å². The molecule has 1 saturated carbocycles. The van der Waals surface area contributed by atoms with E-state index in [1.807, 2.05) is 24.3 Å². The predicted molar refractivity (Wildman–Crippen MR) is 65.3 cm³/mol. The number of rotatable bonds is 6. The van der Waals surface area contributed by atoms with E-state index in [-0.39, 0.29) is 12.3 Å². The number of hydrogen-bond acceptors (Lipinski definition) is 2. The Labute approximate surface area is 101 Å². The number of carboxylic acids is 1. The van der Waals surface area contributed by atoms with Gasteiger partial charge < -0.3 is 9.84 Å². The summed E-state index contributed by atoms with van der Waals surface area (Å²) in [4.78, 5) is 10.9. The van der Waals surface area contributed by atoms with Crippen molar-refractivity contribution in [2.45, 2.75) is 31.6 Å². The zero-order valence-corrected chi connectivity index (χ0v) is 10.1. The van der Waals surface area contributed by atoms with Gasteiger partial charge in [-0.15, -0.1) is 0 Å². The van der Waals surface area contributed by atoms with Gasteiger partial charge in [-0.1, -0.05) is 25.0 Å². The summed E-state index contributed by atoms with van der Waals surface area (Å²) >= 11 is 0. The lowest BCUT2D eigenvalue weighted by molar-refractivity contribution is -0.137. The van der Waals surface area contributed by atoms with Gasteiger partial charge >= 0.3 is 5.97 Å². The van der Waals surface area contributed by atoms with Crippen LogP contribution in [0.3, 0.4) is 0 Å². The molecule has 2 rings (SSSR count). The summed E-state index contributed by atoms with van der Waals surface area (Å²) in [5.74, 6) is 0.924. The average molecular weight is 234 g/mol. The van der Waals surface area contributed by atoms with Crippen LogP contribution in [0.25, 0.3) is 0 Å². The van der Waals surface area contributed by atoms with Gasteiger partial charge in [0.15, 0.2) is 0 Å². The lowest BCUT2D eigenvalue weighted by atomic mass is 9.90. The Morgan fingerprint density at radius 1 is 1.53 bits per heavy atom. The van der Waals surface area contributed by atoms with Gasteiger partial charge in [0.05, 0.1) is 13.5 Å². The van der Waals surface area contributed by atoms with Crippen molar-refractivity contribution in [3.8, 4) is 5.75 Å². The second-order valence-corrected chi connectivity index (χ2v) is 4.75. The van der Waals surface area contributed by atoms with Gasteiger partial charge in [-0.2, -0.15) is 0 Å². The molecule has 0 heterocycles. The fraction of sp³-hybridized carbons (Fsp3) is 0.500. The molecule has 1 fully saturated rings. The molecule has 0 unspecified atom stereocenters. The molecular formula is C14H18O3. The Balaban J connectivity index is 2.13. The molecule has 1 N–H and O–H groups in total. The van der Waals surface area contributed by atoms with Gasteiger partial charge in [-0.25, -0.2) is 0 Å². The fourth-order valence-electron chi connectivity index (χ4n) is 2.20. The maximum atomic E-state index is 10.9. The minimum Gasteiger partial charge on any atom is -0.497 e. The summed E-state index contributed by atoms with van der Waals surface area (Å²) in [6.45, 7) is 0. The minimum absolute atomic E-state index is 0.120. The first-order chi connectivity index (χ1) is 8.19. The normalized spacial score (nSPS) is 16.5. The number of methoxy groups -OCH3 is 1. The van der Waals surface area contributed by atoms with Crippen molar-refractivity contribution in [3.05, 3.63) is 29.8 Å². The molecule has 0 amide bonds. The molecule has 0 radical (unpaired) electrons. The Morgan fingerprint density at radius 3 is 2.88 bits per heavy atom. The minimum atomic E-state index is -0.724. The largest absolute Gasteiger partial charge is 0.497 e. The summed E-state index contributed by atoms with van der Waals surface area (Å²) < 4.78 is 5.18. The molecule has 92 valence electrons. The van der Waals surface area contributed by atoms with Crippen molar-refractivity contribution in [1.82, 2.24) is 0 Å². The quantitative estimate of drug-likeness (QED) is 0.822. The highest BCUT2D eigenvalue weighted by Gasteiger charge is 2.27. The third kappa shape index (κ3) is 3.48. The second kappa shape index (κ2) is 5.21. The molecule has 1 aromatic carbocycles. The molecule has 3 heteroatoms. The van der Waals surface area contributed by atoms with Gasteiger partial charge in [0.1, 0.15) is 5.75 Å². The van der Waals surface area contributed by atoms with Crippen LogP contribution < -0.4 is 4.74 Å². The van der Waals surface area contributed by atoms with Crippen molar-refractivity contribution in [2.24, 2.45) is 5.92 Å². The maximum absolute atomic E-state index is 10.9. The highest BCUT2D eigenvalue weighted by atomic mass is 16.5. The Bertz CT molecular complexity index is 396. The summed E-state index contributed by atoms with van der Waals surface area (Å²) in [5, 5.41) is 8.97. The number of carboxylic acid groups (broad SMARTS) is 1. The SMILES string of the molecule is COc1cccc([C@@H](CC(=O)O)CC2CC2)c1. The highest BCUT2D eigenvalue weighted by molar-refractivity contribution is 5.68. The molecule has 0 spiro atoms. The fourth-order valence-corrected chi connectivity index (χ4v) is 2.20. The molecule has 17 heavy (non-hydrogen) atoms. The third-order valence-electron chi connectivity index (χ3n) is 3.30. The Hall–Kier alpha value is -1.51. The van der Waals surface area contributed by atoms with E-state index < -0.39 is 5.97 Å². The second-order valence-electron chi connectivity index (χ2n) is 4.75. The average Bonchev–Trinajstić information content (AvgIpc) is 3.12. The molecule has 1 aliphatic rings. The van der Waals surface area contributed by atoms with Gasteiger partial charge in [0.2, 0.25) is 0 Å². The van der Waals surface area contributed by atoms with Gasteiger partial charge in [-0.05, 0) is 36.0 Å². The number of aliphatic carboxylic acids is 1. The van der Waals surface area contributed by atoms with Crippen LogP contribution in [0.2, 0.25) is 0 Å². The van der Waals surface area contributed by atoms with E-state index in [2.05, 4.69) is 0 Å².